The van der Waals surface area contributed by atoms with Gasteiger partial charge in [0.05, 0.1) is 0 Å². The van der Waals surface area contributed by atoms with Crippen LogP contribution in [0.25, 0.3) is 0 Å². The summed E-state index contributed by atoms with van der Waals surface area (Å²) in [5.74, 6) is 0. The summed E-state index contributed by atoms with van der Waals surface area (Å²) in [7, 11) is -2.17. The fourth-order valence-corrected chi connectivity index (χ4v) is 0. The van der Waals surface area contributed by atoms with Gasteiger partial charge in [0.25, 0.3) is 0 Å². The summed E-state index contributed by atoms with van der Waals surface area (Å²) in [5, 5.41) is 21.5. The molecule has 0 fully saturated rings. The molecule has 0 aliphatic rings. The molecule has 40 valence electrons. The van der Waals surface area contributed by atoms with E-state index in [1.165, 1.54) is 0 Å². The van der Waals surface area contributed by atoms with Crippen molar-refractivity contribution in [3.63, 3.8) is 0 Å². The second-order valence-electron chi connectivity index (χ2n) is 0.346. The Balaban J connectivity index is -0.0000000150. The zero-order valence-electron chi connectivity index (χ0n) is 3.80. The third kappa shape index (κ3) is 136. The molecule has 7 heavy (non-hydrogen) atoms. The molecule has 0 bridgehead atoms. The summed E-state index contributed by atoms with van der Waals surface area (Å²) in [6.45, 7) is 0. The maximum absolute atomic E-state index is 7.17. The van der Waals surface area contributed by atoms with Crippen molar-refractivity contribution in [2.75, 3.05) is 0 Å². The summed E-state index contributed by atoms with van der Waals surface area (Å²) >= 11 is 0. The molecule has 0 heterocycles. The molecule has 0 aromatic heterocycles. The van der Waals surface area contributed by atoms with Gasteiger partial charge in [0.1, 0.15) is 0 Å². The topological polar surface area (TPSA) is 92.2 Å². The van der Waals surface area contributed by atoms with Gasteiger partial charge in [0.2, 0.25) is 0 Å². The van der Waals surface area contributed by atoms with Crippen LogP contribution < -0.4 is 42.0 Å². The fraction of sp³-hybridized carbons (Fsp3) is 0. The minimum Gasteiger partial charge on any atom is -1.00 e. The average molecular weight is 138 g/mol. The van der Waals surface area contributed by atoms with Crippen LogP contribution in [0.1, 0.15) is 0 Å². The van der Waals surface area contributed by atoms with Crippen LogP contribution in [0.3, 0.4) is 0 Å². The standard InChI is InChI=1S/BH3O3.ClH.Na.H2O/c2-1(3)4;;;/h2-4H;1H;;1H2/q;;+1;/p-1. The Labute approximate surface area is 69.7 Å². The first-order chi connectivity index (χ1) is 1.73. The van der Waals surface area contributed by atoms with Gasteiger partial charge in [-0.25, -0.2) is 0 Å². The molecular weight excluding hydrogens is 133 g/mol. The SMILES string of the molecule is O.OB(O)O.[Cl-].[Na+]. The summed E-state index contributed by atoms with van der Waals surface area (Å²) in [5.41, 5.74) is 0. The van der Waals surface area contributed by atoms with Crippen LogP contribution >= 0.6 is 0 Å². The summed E-state index contributed by atoms with van der Waals surface area (Å²) in [6.07, 6.45) is 0. The molecule has 0 atom stereocenters. The van der Waals surface area contributed by atoms with Crippen molar-refractivity contribution < 1.29 is 62.5 Å². The van der Waals surface area contributed by atoms with E-state index < -0.39 is 7.32 Å². The summed E-state index contributed by atoms with van der Waals surface area (Å²) in [4.78, 5) is 0. The van der Waals surface area contributed by atoms with E-state index in [1.807, 2.05) is 0 Å². The van der Waals surface area contributed by atoms with Gasteiger partial charge < -0.3 is 33.0 Å². The molecule has 7 heteroatoms. The van der Waals surface area contributed by atoms with Crippen LogP contribution in [0, 0.1) is 0 Å². The Bertz CT molecular complexity index is 16.4. The summed E-state index contributed by atoms with van der Waals surface area (Å²) in [6, 6.07) is 0. The molecule has 0 aromatic rings. The molecule has 4 nitrogen and oxygen atoms in total. The van der Waals surface area contributed by atoms with Gasteiger partial charge in [-0.2, -0.15) is 0 Å². The molecule has 0 saturated carbocycles. The summed E-state index contributed by atoms with van der Waals surface area (Å²) < 4.78 is 0. The molecule has 0 radical (unpaired) electrons. The maximum atomic E-state index is 7.17. The van der Waals surface area contributed by atoms with E-state index in [0.717, 1.165) is 0 Å². The van der Waals surface area contributed by atoms with Gasteiger partial charge in [0.15, 0.2) is 0 Å². The first-order valence-electron chi connectivity index (χ1n) is 0.775. The minimum absolute atomic E-state index is 0. The quantitative estimate of drug-likeness (QED) is 0.290. The molecule has 0 unspecified atom stereocenters. The zero-order chi connectivity index (χ0) is 3.58. The molecule has 0 rings (SSSR count). The molecule has 0 spiro atoms. The first-order valence-corrected chi connectivity index (χ1v) is 0.775. The van der Waals surface area contributed by atoms with E-state index in [9.17, 15) is 0 Å². The fourth-order valence-electron chi connectivity index (χ4n) is 0. The van der Waals surface area contributed by atoms with E-state index in [4.69, 9.17) is 15.1 Å². The van der Waals surface area contributed by atoms with Gasteiger partial charge in [-0.05, 0) is 0 Å². The van der Waals surface area contributed by atoms with E-state index >= 15 is 0 Å². The van der Waals surface area contributed by atoms with Gasteiger partial charge in [-0.15, -0.1) is 0 Å². The third-order valence-corrected chi connectivity index (χ3v) is 0. The van der Waals surface area contributed by atoms with Crippen molar-refractivity contribution in [1.29, 1.82) is 0 Å². The van der Waals surface area contributed by atoms with Crippen LogP contribution in [-0.2, 0) is 0 Å². The van der Waals surface area contributed by atoms with Crippen molar-refractivity contribution >= 4 is 7.32 Å². The Morgan fingerprint density at radius 2 is 1.00 bits per heavy atom. The van der Waals surface area contributed by atoms with Crippen molar-refractivity contribution in [2.24, 2.45) is 0 Å². The number of hydrogen-bond donors (Lipinski definition) is 3. The van der Waals surface area contributed by atoms with E-state index in [0.29, 0.717) is 0 Å². The van der Waals surface area contributed by atoms with Crippen molar-refractivity contribution in [3.8, 4) is 0 Å². The van der Waals surface area contributed by atoms with E-state index in [2.05, 4.69) is 0 Å². The smallest absolute Gasteiger partial charge is 1.00 e. The van der Waals surface area contributed by atoms with Crippen LogP contribution in [0.15, 0.2) is 0 Å². The largest absolute Gasteiger partial charge is 1.00 e. The molecule has 0 aliphatic heterocycles. The van der Waals surface area contributed by atoms with Crippen LogP contribution in [0.4, 0.5) is 0 Å². The van der Waals surface area contributed by atoms with E-state index in [1.54, 1.807) is 0 Å². The maximum Gasteiger partial charge on any atom is 1.00 e. The van der Waals surface area contributed by atoms with Gasteiger partial charge in [0, 0.05) is 0 Å². The minimum atomic E-state index is -2.17. The van der Waals surface area contributed by atoms with Crippen LogP contribution in [-0.4, -0.2) is 27.9 Å². The molecular formula is H5BClNaO4. The van der Waals surface area contributed by atoms with Crippen LogP contribution in [0.5, 0.6) is 0 Å². The Hall–Kier alpha value is 1.19. The van der Waals surface area contributed by atoms with E-state index in [-0.39, 0.29) is 47.4 Å². The molecule has 0 amide bonds. The normalized spacial score (nSPS) is 3.86. The second kappa shape index (κ2) is 15.7. The monoisotopic (exact) mass is 138 g/mol. The Morgan fingerprint density at radius 3 is 1.00 bits per heavy atom. The predicted octanol–water partition coefficient (Wildman–Crippen LogP) is -8.87. The Morgan fingerprint density at radius 1 is 1.00 bits per heavy atom. The van der Waals surface area contributed by atoms with Crippen molar-refractivity contribution in [2.45, 2.75) is 0 Å². The number of rotatable bonds is 0. The van der Waals surface area contributed by atoms with Gasteiger partial charge in [-0.1, -0.05) is 0 Å². The van der Waals surface area contributed by atoms with Crippen LogP contribution in [0.2, 0.25) is 0 Å². The van der Waals surface area contributed by atoms with Crippen molar-refractivity contribution in [1.82, 2.24) is 0 Å². The van der Waals surface area contributed by atoms with Crippen molar-refractivity contribution in [3.05, 3.63) is 0 Å². The zero-order valence-corrected chi connectivity index (χ0v) is 6.55. The van der Waals surface area contributed by atoms with Gasteiger partial charge >= 0.3 is 36.9 Å². The first kappa shape index (κ1) is 24.1. The number of halogens is 1. The molecule has 0 aromatic carbocycles. The predicted molar refractivity (Wildman–Crippen MR) is 16.0 cm³/mol. The third-order valence-electron chi connectivity index (χ3n) is 0. The number of hydrogen-bond acceptors (Lipinski definition) is 3. The van der Waals surface area contributed by atoms with Gasteiger partial charge in [-0.3, -0.25) is 0 Å². The molecule has 0 saturated heterocycles. The molecule has 0 aliphatic carbocycles. The molecule has 5 N–H and O–H groups in total. The Kier molecular flexibility index (Phi) is 54.0. The second-order valence-corrected chi connectivity index (χ2v) is 0.346. The average Bonchev–Trinajstić information content (AvgIpc) is 0.811.